The lowest BCUT2D eigenvalue weighted by Crippen LogP contribution is -2.05. The van der Waals surface area contributed by atoms with Gasteiger partial charge in [-0.15, -0.1) is 11.6 Å². The molecule has 0 heterocycles. The zero-order chi connectivity index (χ0) is 13.1. The van der Waals surface area contributed by atoms with E-state index >= 15 is 0 Å². The first-order valence-electron chi connectivity index (χ1n) is 7.08. The molecule has 0 saturated heterocycles. The topological polar surface area (TPSA) is 0 Å². The summed E-state index contributed by atoms with van der Waals surface area (Å²) in [6, 6.07) is 17.6. The van der Waals surface area contributed by atoms with Crippen LogP contribution in [0.25, 0.3) is 0 Å². The predicted molar refractivity (Wildman–Crippen MR) is 82.1 cm³/mol. The number of hydrogen-bond donors (Lipinski definition) is 0. The zero-order valence-corrected chi connectivity index (χ0v) is 11.9. The average molecular weight is 271 g/mol. The quantitative estimate of drug-likeness (QED) is 0.704. The number of hydrogen-bond acceptors (Lipinski definition) is 0. The normalized spacial score (nSPS) is 15.2. The van der Waals surface area contributed by atoms with Crippen molar-refractivity contribution in [2.45, 2.75) is 31.6 Å². The molecule has 1 atom stereocenters. The second kappa shape index (κ2) is 5.79. The van der Waals surface area contributed by atoms with Crippen molar-refractivity contribution < 1.29 is 0 Å². The first-order chi connectivity index (χ1) is 9.36. The summed E-state index contributed by atoms with van der Waals surface area (Å²) >= 11 is 6.17. The lowest BCUT2D eigenvalue weighted by molar-refractivity contribution is 0.765. The highest BCUT2D eigenvalue weighted by molar-refractivity contribution is 6.18. The highest BCUT2D eigenvalue weighted by Gasteiger charge is 2.14. The monoisotopic (exact) mass is 270 g/mol. The Morgan fingerprint density at radius 1 is 0.947 bits per heavy atom. The molecule has 2 aromatic rings. The summed E-state index contributed by atoms with van der Waals surface area (Å²) < 4.78 is 0. The maximum Gasteiger partial charge on any atom is 0.0295 e. The van der Waals surface area contributed by atoms with E-state index in [0.717, 1.165) is 6.42 Å². The van der Waals surface area contributed by atoms with Crippen LogP contribution < -0.4 is 0 Å². The van der Waals surface area contributed by atoms with E-state index in [1.165, 1.54) is 30.4 Å². The van der Waals surface area contributed by atoms with Crippen LogP contribution in [0, 0.1) is 0 Å². The molecule has 0 bridgehead atoms. The minimum atomic E-state index is 0.419. The molecule has 1 aliphatic rings. The first-order valence-corrected chi connectivity index (χ1v) is 7.62. The lowest BCUT2D eigenvalue weighted by atomic mass is 9.92. The van der Waals surface area contributed by atoms with Gasteiger partial charge in [-0.25, -0.2) is 0 Å². The van der Waals surface area contributed by atoms with Crippen LogP contribution >= 0.6 is 11.6 Å². The molecule has 0 radical (unpaired) electrons. The Bertz CT molecular complexity index is 545. The van der Waals surface area contributed by atoms with Gasteiger partial charge in [-0.3, -0.25) is 0 Å². The van der Waals surface area contributed by atoms with Gasteiger partial charge in [0.1, 0.15) is 0 Å². The molecule has 0 N–H and O–H groups in total. The predicted octanol–water partition coefficient (Wildman–Crippen LogP) is 4.74. The second-order valence-electron chi connectivity index (χ2n) is 5.42. The maximum atomic E-state index is 6.17. The van der Waals surface area contributed by atoms with Crippen molar-refractivity contribution in [3.8, 4) is 0 Å². The van der Waals surface area contributed by atoms with Crippen molar-refractivity contribution in [3.63, 3.8) is 0 Å². The van der Waals surface area contributed by atoms with Gasteiger partial charge in [-0.2, -0.15) is 0 Å². The summed E-state index contributed by atoms with van der Waals surface area (Å²) in [6.07, 6.45) is 4.87. The third kappa shape index (κ3) is 2.84. The van der Waals surface area contributed by atoms with E-state index in [1.54, 1.807) is 11.1 Å². The molecule has 1 aliphatic carbocycles. The van der Waals surface area contributed by atoms with E-state index in [4.69, 9.17) is 11.6 Å². The van der Waals surface area contributed by atoms with Crippen molar-refractivity contribution in [2.24, 2.45) is 0 Å². The molecule has 1 heteroatoms. The van der Waals surface area contributed by atoms with Gasteiger partial charge in [0, 0.05) is 11.8 Å². The van der Waals surface area contributed by atoms with E-state index in [-0.39, 0.29) is 0 Å². The fraction of sp³-hybridized carbons (Fsp3) is 0.333. The fourth-order valence-corrected chi connectivity index (χ4v) is 3.31. The summed E-state index contributed by atoms with van der Waals surface area (Å²) in [4.78, 5) is 0. The molecule has 0 spiro atoms. The summed E-state index contributed by atoms with van der Waals surface area (Å²) in [5.74, 6) is 1.10. The van der Waals surface area contributed by atoms with Crippen LogP contribution in [0.3, 0.4) is 0 Å². The van der Waals surface area contributed by atoms with E-state index in [2.05, 4.69) is 48.5 Å². The minimum Gasteiger partial charge on any atom is -0.126 e. The summed E-state index contributed by atoms with van der Waals surface area (Å²) in [5, 5.41) is 0. The Morgan fingerprint density at radius 3 is 2.53 bits per heavy atom. The first kappa shape index (κ1) is 12.7. The molecule has 0 aliphatic heterocycles. The van der Waals surface area contributed by atoms with Gasteiger partial charge < -0.3 is 0 Å². The lowest BCUT2D eigenvalue weighted by Gasteiger charge is -2.15. The fourth-order valence-electron chi connectivity index (χ4n) is 3.02. The molecule has 98 valence electrons. The maximum absolute atomic E-state index is 6.17. The van der Waals surface area contributed by atoms with Crippen molar-refractivity contribution >= 4 is 11.6 Å². The molecule has 19 heavy (non-hydrogen) atoms. The van der Waals surface area contributed by atoms with Gasteiger partial charge in [0.05, 0.1) is 0 Å². The molecule has 0 nitrogen and oxygen atoms in total. The van der Waals surface area contributed by atoms with Gasteiger partial charge >= 0.3 is 0 Å². The molecule has 0 fully saturated rings. The third-order valence-electron chi connectivity index (χ3n) is 4.10. The van der Waals surface area contributed by atoms with Crippen LogP contribution in [0.2, 0.25) is 0 Å². The van der Waals surface area contributed by atoms with Crippen LogP contribution in [0.15, 0.2) is 48.5 Å². The summed E-state index contributed by atoms with van der Waals surface area (Å²) in [7, 11) is 0. The Labute approximate surface area is 120 Å². The number of benzene rings is 2. The third-order valence-corrected chi connectivity index (χ3v) is 4.47. The number of aryl methyl sites for hydroxylation is 2. The number of halogens is 1. The van der Waals surface area contributed by atoms with E-state index in [9.17, 15) is 0 Å². The van der Waals surface area contributed by atoms with Gasteiger partial charge in [0.2, 0.25) is 0 Å². The average Bonchev–Trinajstić information content (AvgIpc) is 2.93. The Hall–Kier alpha value is -1.27. The van der Waals surface area contributed by atoms with Crippen LogP contribution in [0.4, 0.5) is 0 Å². The zero-order valence-electron chi connectivity index (χ0n) is 11.1. The minimum absolute atomic E-state index is 0.419. The van der Waals surface area contributed by atoms with Crippen LogP contribution in [0.5, 0.6) is 0 Å². The molecule has 0 amide bonds. The van der Waals surface area contributed by atoms with Crippen molar-refractivity contribution in [1.82, 2.24) is 0 Å². The molecule has 0 saturated carbocycles. The smallest absolute Gasteiger partial charge is 0.0295 e. The number of alkyl halides is 1. The number of fused-ring (bicyclic) bond motifs is 1. The van der Waals surface area contributed by atoms with Crippen LogP contribution in [-0.4, -0.2) is 5.88 Å². The van der Waals surface area contributed by atoms with Crippen molar-refractivity contribution in [2.75, 3.05) is 5.88 Å². The molecule has 1 unspecified atom stereocenters. The Balaban J connectivity index is 1.80. The van der Waals surface area contributed by atoms with E-state index < -0.39 is 0 Å². The molecular formula is C18H19Cl. The van der Waals surface area contributed by atoms with Crippen molar-refractivity contribution in [3.05, 3.63) is 70.8 Å². The summed E-state index contributed by atoms with van der Waals surface area (Å²) in [5.41, 5.74) is 5.87. The van der Waals surface area contributed by atoms with E-state index in [1.807, 2.05) is 0 Å². The second-order valence-corrected chi connectivity index (χ2v) is 5.73. The molecule has 2 aromatic carbocycles. The van der Waals surface area contributed by atoms with Crippen LogP contribution in [-0.2, 0) is 19.3 Å². The van der Waals surface area contributed by atoms with Crippen LogP contribution in [0.1, 0.15) is 34.6 Å². The van der Waals surface area contributed by atoms with E-state index in [0.29, 0.717) is 11.8 Å². The Kier molecular flexibility index (Phi) is 3.89. The SMILES string of the molecule is ClCC(Cc1ccc2c(c1)CCC2)c1ccccc1. The van der Waals surface area contributed by atoms with Gasteiger partial charge in [-0.05, 0) is 47.9 Å². The Morgan fingerprint density at radius 2 is 1.74 bits per heavy atom. The molecule has 3 rings (SSSR count). The highest BCUT2D eigenvalue weighted by Crippen LogP contribution is 2.27. The van der Waals surface area contributed by atoms with Crippen molar-refractivity contribution in [1.29, 1.82) is 0 Å². The molecular weight excluding hydrogens is 252 g/mol. The summed E-state index contributed by atoms with van der Waals surface area (Å²) in [6.45, 7) is 0. The number of rotatable bonds is 4. The molecule has 0 aromatic heterocycles. The highest BCUT2D eigenvalue weighted by atomic mass is 35.5. The van der Waals surface area contributed by atoms with Gasteiger partial charge in [0.15, 0.2) is 0 Å². The standard InChI is InChI=1S/C18H19Cl/c19-13-18(15-5-2-1-3-6-15)12-14-9-10-16-7-4-8-17(16)11-14/h1-3,5-6,9-11,18H,4,7-8,12-13H2. The largest absolute Gasteiger partial charge is 0.126 e. The van der Waals surface area contributed by atoms with Gasteiger partial charge in [0.25, 0.3) is 0 Å². The van der Waals surface area contributed by atoms with Gasteiger partial charge in [-0.1, -0.05) is 48.5 Å².